The van der Waals surface area contributed by atoms with Gasteiger partial charge in [0, 0.05) is 63.3 Å². The van der Waals surface area contributed by atoms with Gasteiger partial charge in [0.05, 0.1) is 35.7 Å². The minimum Gasteiger partial charge on any atom is -0.494 e. The summed E-state index contributed by atoms with van der Waals surface area (Å²) in [6, 6.07) is 43.4. The summed E-state index contributed by atoms with van der Waals surface area (Å²) in [6.45, 7) is 8.13. The van der Waals surface area contributed by atoms with E-state index in [-0.39, 0.29) is 0 Å². The zero-order chi connectivity index (χ0) is 44.1. The molecule has 0 saturated heterocycles. The Balaban J connectivity index is 1.08. The zero-order valence-electron chi connectivity index (χ0n) is 37.4. The quantitative estimate of drug-likeness (QED) is 0.107. The van der Waals surface area contributed by atoms with Gasteiger partial charge in [-0.25, -0.2) is 15.0 Å². The SMILES string of the molecule is Cc1ccc(-c2c3nc(c(-c4ccc(C)cc4)c4ccc([nH]4)c(-c4ccc(OCCCCCCCCn5ccnc5)cc4)c4nc(c(-c5ccc(C)cc5)c5ccc2[nH]5)C=C4)C=C3)cc1. The van der Waals surface area contributed by atoms with E-state index in [9.17, 15) is 0 Å². The average molecular weight is 851 g/mol. The van der Waals surface area contributed by atoms with Crippen LogP contribution in [0.15, 0.2) is 140 Å². The molecule has 322 valence electrons. The van der Waals surface area contributed by atoms with Crippen LogP contribution in [0, 0.1) is 20.8 Å². The molecule has 6 heterocycles. The van der Waals surface area contributed by atoms with Gasteiger partial charge in [-0.2, -0.15) is 0 Å². The van der Waals surface area contributed by atoms with E-state index in [4.69, 9.17) is 14.7 Å². The Bertz CT molecular complexity index is 3120. The number of hydrogen-bond donors (Lipinski definition) is 2. The van der Waals surface area contributed by atoms with Crippen molar-refractivity contribution in [1.29, 1.82) is 0 Å². The fourth-order valence-electron chi connectivity index (χ4n) is 9.01. The smallest absolute Gasteiger partial charge is 0.119 e. The predicted octanol–water partition coefficient (Wildman–Crippen LogP) is 14.9. The Hall–Kier alpha value is -7.51. The third-order valence-electron chi connectivity index (χ3n) is 12.6. The van der Waals surface area contributed by atoms with Crippen LogP contribution in [0.4, 0.5) is 0 Å². The molecule has 8 aromatic rings. The molecule has 65 heavy (non-hydrogen) atoms. The summed E-state index contributed by atoms with van der Waals surface area (Å²) < 4.78 is 8.45. The number of aromatic nitrogens is 6. The van der Waals surface area contributed by atoms with Crippen LogP contribution in [0.25, 0.3) is 90.9 Å². The van der Waals surface area contributed by atoms with Crippen LogP contribution < -0.4 is 4.74 Å². The van der Waals surface area contributed by atoms with Crippen LogP contribution >= 0.6 is 0 Å². The topological polar surface area (TPSA) is 84.4 Å². The molecular weight excluding hydrogens is 797 g/mol. The monoisotopic (exact) mass is 850 g/mol. The van der Waals surface area contributed by atoms with Crippen molar-refractivity contribution in [2.45, 2.75) is 65.8 Å². The summed E-state index contributed by atoms with van der Waals surface area (Å²) in [6.07, 6.45) is 21.5. The summed E-state index contributed by atoms with van der Waals surface area (Å²) in [7, 11) is 0. The number of benzene rings is 4. The first-order valence-corrected chi connectivity index (χ1v) is 23.0. The molecule has 0 atom stereocenters. The molecule has 2 aliphatic rings. The molecule has 0 spiro atoms. The Labute approximate surface area is 381 Å². The lowest BCUT2D eigenvalue weighted by Crippen LogP contribution is -1.97. The van der Waals surface area contributed by atoms with Crippen molar-refractivity contribution < 1.29 is 4.74 Å². The molecule has 10 rings (SSSR count). The second-order valence-electron chi connectivity index (χ2n) is 17.4. The van der Waals surface area contributed by atoms with Gasteiger partial charge in [-0.05, 0) is 117 Å². The summed E-state index contributed by atoms with van der Waals surface area (Å²) >= 11 is 0. The molecule has 4 aromatic heterocycles. The number of nitrogens with one attached hydrogen (secondary N) is 2. The maximum Gasteiger partial charge on any atom is 0.119 e. The number of nitrogens with zero attached hydrogens (tertiary/aromatic N) is 4. The standard InChI is InChI=1S/C58H54N6O/c1-39-10-16-42(17-11-39)55-47-26-28-49(60-47)56(43-18-12-40(2)13-19-43)51-30-32-53(62-51)58(45-22-24-46(25-23-45)65-37-9-7-5-4-6-8-35-64-36-34-59-38-64)54-33-31-52(63-54)57(50-29-27-48(55)61-50)44-20-14-41(3)15-21-44/h10-34,36,38,60,63H,4-9,35,37H2,1-3H3. The highest BCUT2D eigenvalue weighted by Gasteiger charge is 2.19. The summed E-state index contributed by atoms with van der Waals surface area (Å²) in [5, 5.41) is 0. The van der Waals surface area contributed by atoms with Gasteiger partial charge in [-0.1, -0.05) is 127 Å². The van der Waals surface area contributed by atoms with Crippen molar-refractivity contribution in [2.24, 2.45) is 0 Å². The third kappa shape index (κ3) is 9.14. The van der Waals surface area contributed by atoms with Crippen LogP contribution in [-0.2, 0) is 6.54 Å². The Kier molecular flexibility index (Phi) is 11.9. The average Bonchev–Trinajstić information content (AvgIpc) is 4.20. The van der Waals surface area contributed by atoms with E-state index in [0.717, 1.165) is 108 Å². The van der Waals surface area contributed by atoms with Crippen LogP contribution in [-0.4, -0.2) is 36.1 Å². The molecule has 0 radical (unpaired) electrons. The number of imidazole rings is 1. The van der Waals surface area contributed by atoms with Crippen LogP contribution in [0.5, 0.6) is 5.75 Å². The van der Waals surface area contributed by atoms with E-state index in [1.165, 1.54) is 48.8 Å². The number of rotatable bonds is 14. The van der Waals surface area contributed by atoms with Crippen LogP contribution in [0.3, 0.4) is 0 Å². The fraction of sp³-hybridized carbons (Fsp3) is 0.190. The molecule has 0 aliphatic carbocycles. The second-order valence-corrected chi connectivity index (χ2v) is 17.4. The van der Waals surface area contributed by atoms with Crippen LogP contribution in [0.1, 0.15) is 78.0 Å². The minimum atomic E-state index is 0.705. The van der Waals surface area contributed by atoms with Gasteiger partial charge in [0.25, 0.3) is 0 Å². The van der Waals surface area contributed by atoms with Gasteiger partial charge in [0.15, 0.2) is 0 Å². The van der Waals surface area contributed by atoms with E-state index < -0.39 is 0 Å². The third-order valence-corrected chi connectivity index (χ3v) is 12.6. The summed E-state index contributed by atoms with van der Waals surface area (Å²) in [4.78, 5) is 22.8. The van der Waals surface area contributed by atoms with Crippen molar-refractivity contribution in [3.63, 3.8) is 0 Å². The van der Waals surface area contributed by atoms with Gasteiger partial charge < -0.3 is 19.3 Å². The minimum absolute atomic E-state index is 0.705. The first-order valence-electron chi connectivity index (χ1n) is 23.0. The molecule has 0 fully saturated rings. The second kappa shape index (κ2) is 18.7. The molecule has 0 amide bonds. The largest absolute Gasteiger partial charge is 0.494 e. The number of unbranched alkanes of at least 4 members (excludes halogenated alkanes) is 5. The lowest BCUT2D eigenvalue weighted by molar-refractivity contribution is 0.304. The van der Waals surface area contributed by atoms with Crippen molar-refractivity contribution in [1.82, 2.24) is 29.5 Å². The number of ether oxygens (including phenoxy) is 1. The first-order chi connectivity index (χ1) is 31.9. The Morgan fingerprint density at radius 1 is 0.431 bits per heavy atom. The molecule has 0 saturated carbocycles. The van der Waals surface area contributed by atoms with Crippen molar-refractivity contribution >= 4 is 46.4 Å². The fourth-order valence-corrected chi connectivity index (χ4v) is 9.01. The number of fused-ring (bicyclic) bond motifs is 8. The normalized spacial score (nSPS) is 12.0. The van der Waals surface area contributed by atoms with E-state index >= 15 is 0 Å². The molecule has 2 aliphatic heterocycles. The molecular formula is C58H54N6O. The Morgan fingerprint density at radius 2 is 0.800 bits per heavy atom. The highest BCUT2D eigenvalue weighted by atomic mass is 16.5. The maximum absolute atomic E-state index is 6.29. The van der Waals surface area contributed by atoms with Crippen molar-refractivity contribution in [2.75, 3.05) is 6.61 Å². The van der Waals surface area contributed by atoms with Gasteiger partial charge in [0.1, 0.15) is 5.75 Å². The zero-order valence-corrected chi connectivity index (χ0v) is 37.4. The van der Waals surface area contributed by atoms with E-state index in [1.54, 1.807) is 0 Å². The van der Waals surface area contributed by atoms with Crippen molar-refractivity contribution in [3.05, 3.63) is 180 Å². The van der Waals surface area contributed by atoms with Gasteiger partial charge >= 0.3 is 0 Å². The summed E-state index contributed by atoms with van der Waals surface area (Å²) in [5.74, 6) is 0.874. The van der Waals surface area contributed by atoms with Gasteiger partial charge in [0.2, 0.25) is 0 Å². The number of H-pyrrole nitrogens is 2. The van der Waals surface area contributed by atoms with E-state index in [2.05, 4.69) is 186 Å². The van der Waals surface area contributed by atoms with Crippen molar-refractivity contribution in [3.8, 4) is 50.3 Å². The lowest BCUT2D eigenvalue weighted by Gasteiger charge is -2.09. The molecule has 8 bridgehead atoms. The highest BCUT2D eigenvalue weighted by molar-refractivity contribution is 5.99. The van der Waals surface area contributed by atoms with E-state index in [1.807, 2.05) is 18.7 Å². The maximum atomic E-state index is 6.29. The van der Waals surface area contributed by atoms with Gasteiger partial charge in [-0.3, -0.25) is 0 Å². The molecule has 0 unspecified atom stereocenters. The number of aromatic amines is 2. The lowest BCUT2D eigenvalue weighted by atomic mass is 10.0. The number of hydrogen-bond acceptors (Lipinski definition) is 4. The summed E-state index contributed by atoms with van der Waals surface area (Å²) in [5.41, 5.74) is 19.6. The first kappa shape index (κ1) is 41.5. The van der Waals surface area contributed by atoms with Crippen LogP contribution in [0.2, 0.25) is 0 Å². The molecule has 7 nitrogen and oxygen atoms in total. The predicted molar refractivity (Wildman–Crippen MR) is 270 cm³/mol. The number of aryl methyl sites for hydroxylation is 4. The van der Waals surface area contributed by atoms with E-state index in [0.29, 0.717) is 6.61 Å². The molecule has 4 aromatic carbocycles. The Morgan fingerprint density at radius 3 is 1.18 bits per heavy atom. The highest BCUT2D eigenvalue weighted by Crippen LogP contribution is 2.39. The molecule has 7 heteroatoms. The van der Waals surface area contributed by atoms with Gasteiger partial charge in [-0.15, -0.1) is 0 Å². The molecule has 2 N–H and O–H groups in total.